The second-order valence-electron chi connectivity index (χ2n) is 8.42. The largest absolute Gasteiger partial charge is 0.483 e. The summed E-state index contributed by atoms with van der Waals surface area (Å²) in [4.78, 5) is 29.9. The lowest BCUT2D eigenvalue weighted by Crippen LogP contribution is -2.39. The molecule has 0 spiro atoms. The van der Waals surface area contributed by atoms with Crippen LogP contribution in [0.15, 0.2) is 40.5 Å². The van der Waals surface area contributed by atoms with Crippen LogP contribution >= 0.6 is 11.8 Å². The van der Waals surface area contributed by atoms with E-state index in [1.165, 1.54) is 0 Å². The summed E-state index contributed by atoms with van der Waals surface area (Å²) in [5.41, 5.74) is 1.55. The highest BCUT2D eigenvalue weighted by Crippen LogP contribution is 2.47. The fraction of sp³-hybridized carbons (Fsp3) is 0.565. The second kappa shape index (κ2) is 7.80. The minimum Gasteiger partial charge on any atom is -0.483 e. The molecule has 3 heterocycles. The van der Waals surface area contributed by atoms with E-state index < -0.39 is 0 Å². The first kappa shape index (κ1) is 19.2. The van der Waals surface area contributed by atoms with Gasteiger partial charge in [-0.2, -0.15) is 0 Å². The number of Topliss-reactive ketones (excluding diaryl/α,β-unsaturated/α-hetero) is 1. The Morgan fingerprint density at radius 3 is 2.59 bits per heavy atom. The molecule has 4 unspecified atom stereocenters. The minimum atomic E-state index is -0.368. The van der Waals surface area contributed by atoms with Crippen molar-refractivity contribution in [1.82, 2.24) is 4.90 Å². The summed E-state index contributed by atoms with van der Waals surface area (Å²) in [5.74, 6) is 0.172. The molecule has 154 valence electrons. The molecule has 5 nitrogen and oxygen atoms in total. The minimum absolute atomic E-state index is 0.0330. The molecule has 3 aliphatic heterocycles. The number of carbonyl (C=O) groups excluding carboxylic acids is 2. The van der Waals surface area contributed by atoms with Crippen LogP contribution in [0.1, 0.15) is 50.1 Å². The molecule has 29 heavy (non-hydrogen) atoms. The summed E-state index contributed by atoms with van der Waals surface area (Å²) in [6.45, 7) is 1.25. The molecule has 4 aliphatic rings. The van der Waals surface area contributed by atoms with Crippen molar-refractivity contribution >= 4 is 23.5 Å². The number of amides is 1. The Morgan fingerprint density at radius 2 is 1.86 bits per heavy atom. The molecule has 1 aromatic carbocycles. The Morgan fingerprint density at radius 1 is 1.07 bits per heavy atom. The zero-order valence-corrected chi connectivity index (χ0v) is 17.6. The summed E-state index contributed by atoms with van der Waals surface area (Å²) in [6.07, 6.45) is 7.74. The number of fused-ring (bicyclic) bond motifs is 1. The van der Waals surface area contributed by atoms with Gasteiger partial charge in [0, 0.05) is 18.0 Å². The van der Waals surface area contributed by atoms with Crippen LogP contribution in [0, 0.1) is 5.92 Å². The molecule has 1 saturated carbocycles. The fourth-order valence-corrected chi connectivity index (χ4v) is 5.63. The van der Waals surface area contributed by atoms with E-state index in [9.17, 15) is 9.59 Å². The SMILES string of the molecule is CSc1ccc(C2C3=C(OC4CCCCC4C3=O)C(=O)N2CC2CCCO2)cc1. The smallest absolute Gasteiger partial charge is 0.290 e. The van der Waals surface area contributed by atoms with Gasteiger partial charge in [0.1, 0.15) is 6.10 Å². The van der Waals surface area contributed by atoms with E-state index in [-0.39, 0.29) is 35.9 Å². The van der Waals surface area contributed by atoms with Crippen LogP contribution in [0.4, 0.5) is 0 Å². The van der Waals surface area contributed by atoms with E-state index in [1.807, 2.05) is 23.3 Å². The normalized spacial score (nSPS) is 31.7. The van der Waals surface area contributed by atoms with Gasteiger partial charge in [-0.1, -0.05) is 18.6 Å². The van der Waals surface area contributed by atoms with Crippen LogP contribution in [-0.4, -0.2) is 48.2 Å². The van der Waals surface area contributed by atoms with Gasteiger partial charge < -0.3 is 14.4 Å². The molecular formula is C23H27NO4S. The van der Waals surface area contributed by atoms with Crippen LogP contribution in [0.3, 0.4) is 0 Å². The maximum absolute atomic E-state index is 13.5. The molecule has 1 aromatic rings. The summed E-state index contributed by atoms with van der Waals surface area (Å²) in [6, 6.07) is 7.84. The van der Waals surface area contributed by atoms with Gasteiger partial charge in [-0.15, -0.1) is 11.8 Å². The highest BCUT2D eigenvalue weighted by Gasteiger charge is 2.52. The van der Waals surface area contributed by atoms with Gasteiger partial charge in [0.25, 0.3) is 5.91 Å². The second-order valence-corrected chi connectivity index (χ2v) is 9.30. The van der Waals surface area contributed by atoms with Gasteiger partial charge >= 0.3 is 0 Å². The first-order valence-electron chi connectivity index (χ1n) is 10.7. The number of ether oxygens (including phenoxy) is 2. The summed E-state index contributed by atoms with van der Waals surface area (Å²) in [7, 11) is 0. The molecule has 2 fully saturated rings. The van der Waals surface area contributed by atoms with E-state index in [0.29, 0.717) is 17.9 Å². The van der Waals surface area contributed by atoms with Crippen molar-refractivity contribution in [2.24, 2.45) is 5.92 Å². The average Bonchev–Trinajstić information content (AvgIpc) is 3.36. The number of benzene rings is 1. The average molecular weight is 414 g/mol. The first-order valence-corrected chi connectivity index (χ1v) is 11.9. The van der Waals surface area contributed by atoms with Crippen molar-refractivity contribution < 1.29 is 19.1 Å². The van der Waals surface area contributed by atoms with Crippen LogP contribution < -0.4 is 0 Å². The van der Waals surface area contributed by atoms with Crippen molar-refractivity contribution in [1.29, 1.82) is 0 Å². The van der Waals surface area contributed by atoms with Crippen molar-refractivity contribution in [3.05, 3.63) is 41.2 Å². The predicted molar refractivity (Wildman–Crippen MR) is 111 cm³/mol. The Balaban J connectivity index is 1.54. The highest BCUT2D eigenvalue weighted by molar-refractivity contribution is 7.98. The number of nitrogens with zero attached hydrogens (tertiary/aromatic N) is 1. The Hall–Kier alpha value is -1.79. The Kier molecular flexibility index (Phi) is 5.16. The fourth-order valence-electron chi connectivity index (χ4n) is 5.22. The summed E-state index contributed by atoms with van der Waals surface area (Å²) in [5, 5.41) is 0. The molecule has 0 aromatic heterocycles. The molecule has 0 N–H and O–H groups in total. The summed E-state index contributed by atoms with van der Waals surface area (Å²) >= 11 is 1.68. The van der Waals surface area contributed by atoms with E-state index in [2.05, 4.69) is 12.1 Å². The topological polar surface area (TPSA) is 55.8 Å². The van der Waals surface area contributed by atoms with E-state index in [1.54, 1.807) is 11.8 Å². The zero-order chi connectivity index (χ0) is 20.0. The third-order valence-electron chi connectivity index (χ3n) is 6.71. The number of thioether (sulfide) groups is 1. The van der Waals surface area contributed by atoms with Crippen LogP contribution in [-0.2, 0) is 19.1 Å². The molecular weight excluding hydrogens is 386 g/mol. The Labute approximate surface area is 175 Å². The molecule has 1 saturated heterocycles. The molecule has 5 rings (SSSR count). The zero-order valence-electron chi connectivity index (χ0n) is 16.8. The van der Waals surface area contributed by atoms with Crippen molar-refractivity contribution in [2.45, 2.75) is 61.7 Å². The van der Waals surface area contributed by atoms with Gasteiger partial charge in [0.2, 0.25) is 0 Å². The maximum Gasteiger partial charge on any atom is 0.290 e. The molecule has 6 heteroatoms. The van der Waals surface area contributed by atoms with Gasteiger partial charge in [0.15, 0.2) is 11.5 Å². The van der Waals surface area contributed by atoms with Gasteiger partial charge in [-0.05, 0) is 56.1 Å². The Bertz CT molecular complexity index is 843. The van der Waals surface area contributed by atoms with E-state index >= 15 is 0 Å². The maximum atomic E-state index is 13.5. The molecule has 0 radical (unpaired) electrons. The van der Waals surface area contributed by atoms with Gasteiger partial charge in [-0.25, -0.2) is 0 Å². The van der Waals surface area contributed by atoms with Crippen LogP contribution in [0.2, 0.25) is 0 Å². The molecule has 0 bridgehead atoms. The molecule has 1 amide bonds. The number of rotatable bonds is 4. The number of ketones is 1. The third kappa shape index (κ3) is 3.30. The number of carbonyl (C=O) groups is 2. The lowest BCUT2D eigenvalue weighted by atomic mass is 9.77. The van der Waals surface area contributed by atoms with Crippen LogP contribution in [0.25, 0.3) is 0 Å². The van der Waals surface area contributed by atoms with Crippen molar-refractivity contribution in [3.8, 4) is 0 Å². The molecule has 1 aliphatic carbocycles. The van der Waals surface area contributed by atoms with Crippen LogP contribution in [0.5, 0.6) is 0 Å². The van der Waals surface area contributed by atoms with Crippen molar-refractivity contribution in [2.75, 3.05) is 19.4 Å². The van der Waals surface area contributed by atoms with E-state index in [4.69, 9.17) is 9.47 Å². The summed E-state index contributed by atoms with van der Waals surface area (Å²) < 4.78 is 12.0. The van der Waals surface area contributed by atoms with Crippen molar-refractivity contribution in [3.63, 3.8) is 0 Å². The number of hydrogen-bond donors (Lipinski definition) is 0. The lowest BCUT2D eigenvalue weighted by Gasteiger charge is -2.35. The van der Waals surface area contributed by atoms with E-state index in [0.717, 1.165) is 55.6 Å². The highest BCUT2D eigenvalue weighted by atomic mass is 32.2. The monoisotopic (exact) mass is 413 g/mol. The lowest BCUT2D eigenvalue weighted by molar-refractivity contribution is -0.136. The third-order valence-corrected chi connectivity index (χ3v) is 7.46. The molecule has 4 atom stereocenters. The standard InChI is InChI=1S/C23H27NO4S/c1-29-16-10-8-14(9-11-16)20-19-21(25)17-6-2-3-7-18(17)28-22(19)23(26)24(20)13-15-5-4-12-27-15/h8-11,15,17-18,20H,2-7,12-13H2,1H3. The quantitative estimate of drug-likeness (QED) is 0.701. The predicted octanol–water partition coefficient (Wildman–Crippen LogP) is 3.88. The van der Waals surface area contributed by atoms with Gasteiger partial charge in [-0.3, -0.25) is 9.59 Å². The first-order chi connectivity index (χ1) is 14.2. The van der Waals surface area contributed by atoms with Gasteiger partial charge in [0.05, 0.1) is 23.6 Å². The number of hydrogen-bond acceptors (Lipinski definition) is 5.